The number of halogens is 2. The number of rotatable bonds is 8. The molecule has 0 fully saturated rings. The van der Waals surface area contributed by atoms with Crippen molar-refractivity contribution in [1.29, 1.82) is 0 Å². The molecule has 1 N–H and O–H groups in total. The zero-order valence-electron chi connectivity index (χ0n) is 16.9. The van der Waals surface area contributed by atoms with Gasteiger partial charge in [0.2, 0.25) is 15.9 Å². The smallest absolute Gasteiger partial charge is 0.243 e. The first-order valence-corrected chi connectivity index (χ1v) is 11.8. The third kappa shape index (κ3) is 6.31. The Kier molecular flexibility index (Phi) is 7.73. The molecule has 3 aromatic rings. The van der Waals surface area contributed by atoms with E-state index in [-0.39, 0.29) is 24.5 Å². The van der Waals surface area contributed by atoms with Crippen molar-refractivity contribution >= 4 is 39.1 Å². The van der Waals surface area contributed by atoms with Crippen LogP contribution in [-0.2, 0) is 27.9 Å². The van der Waals surface area contributed by atoms with Crippen LogP contribution >= 0.6 is 23.2 Å². The van der Waals surface area contributed by atoms with E-state index in [1.807, 2.05) is 31.2 Å². The average molecular weight is 477 g/mol. The third-order valence-electron chi connectivity index (χ3n) is 4.78. The van der Waals surface area contributed by atoms with E-state index in [2.05, 4.69) is 5.32 Å². The molecule has 0 aliphatic rings. The van der Waals surface area contributed by atoms with Gasteiger partial charge in [0.05, 0.1) is 11.4 Å². The summed E-state index contributed by atoms with van der Waals surface area (Å²) in [4.78, 5) is 12.7. The van der Waals surface area contributed by atoms with E-state index < -0.39 is 15.9 Å². The summed E-state index contributed by atoms with van der Waals surface area (Å²) in [5, 5.41) is 3.81. The van der Waals surface area contributed by atoms with Gasteiger partial charge in [0.1, 0.15) is 0 Å². The Labute approximate surface area is 192 Å². The van der Waals surface area contributed by atoms with Crippen LogP contribution in [0.2, 0.25) is 10.0 Å². The molecule has 0 saturated carbocycles. The van der Waals surface area contributed by atoms with Crippen molar-refractivity contribution in [3.05, 3.63) is 99.5 Å². The normalized spacial score (nSPS) is 11.5. The molecular formula is C23H22Cl2N2O3S. The number of hydrogen-bond donors (Lipinski definition) is 1. The van der Waals surface area contributed by atoms with Crippen LogP contribution in [0.5, 0.6) is 0 Å². The highest BCUT2D eigenvalue weighted by Gasteiger charge is 2.27. The van der Waals surface area contributed by atoms with Gasteiger partial charge in [-0.3, -0.25) is 4.79 Å². The lowest BCUT2D eigenvalue weighted by atomic mass is 10.1. The second kappa shape index (κ2) is 10.3. The van der Waals surface area contributed by atoms with E-state index in [1.54, 1.807) is 24.3 Å². The Morgan fingerprint density at radius 1 is 0.903 bits per heavy atom. The molecule has 0 aliphatic carbocycles. The highest BCUT2D eigenvalue weighted by molar-refractivity contribution is 7.89. The van der Waals surface area contributed by atoms with Crippen molar-refractivity contribution < 1.29 is 13.2 Å². The number of nitrogens with zero attached hydrogens (tertiary/aromatic N) is 1. The predicted octanol–water partition coefficient (Wildman–Crippen LogP) is 4.81. The minimum absolute atomic E-state index is 0.0754. The van der Waals surface area contributed by atoms with Crippen LogP contribution in [0, 0.1) is 6.92 Å². The zero-order valence-corrected chi connectivity index (χ0v) is 19.2. The maximum absolute atomic E-state index is 13.3. The molecule has 162 valence electrons. The van der Waals surface area contributed by atoms with Crippen LogP contribution in [0.25, 0.3) is 0 Å². The van der Waals surface area contributed by atoms with E-state index >= 15 is 0 Å². The van der Waals surface area contributed by atoms with Crippen LogP contribution in [0.3, 0.4) is 0 Å². The predicted molar refractivity (Wildman–Crippen MR) is 124 cm³/mol. The Balaban J connectivity index is 1.81. The fourth-order valence-corrected chi connectivity index (χ4v) is 4.60. The van der Waals surface area contributed by atoms with E-state index in [9.17, 15) is 13.2 Å². The van der Waals surface area contributed by atoms with E-state index in [0.717, 1.165) is 16.7 Å². The SMILES string of the molecule is Cc1ccccc1CN(CC(=O)NCc1ccc(Cl)cc1)S(=O)(=O)c1ccc(Cl)cc1. The molecule has 0 radical (unpaired) electrons. The lowest BCUT2D eigenvalue weighted by molar-refractivity contribution is -0.121. The van der Waals surface area contributed by atoms with Crippen LogP contribution in [0.15, 0.2) is 77.7 Å². The van der Waals surface area contributed by atoms with Crippen molar-refractivity contribution in [2.24, 2.45) is 0 Å². The number of carbonyl (C=O) groups excluding carboxylic acids is 1. The molecule has 0 spiro atoms. The average Bonchev–Trinajstić information content (AvgIpc) is 2.74. The lowest BCUT2D eigenvalue weighted by Crippen LogP contribution is -2.40. The number of nitrogens with one attached hydrogen (secondary N) is 1. The molecule has 3 aromatic carbocycles. The van der Waals surface area contributed by atoms with Crippen molar-refractivity contribution in [2.45, 2.75) is 24.9 Å². The quantitative estimate of drug-likeness (QED) is 0.507. The summed E-state index contributed by atoms with van der Waals surface area (Å²) in [6.07, 6.45) is 0. The Morgan fingerprint density at radius 2 is 1.48 bits per heavy atom. The fraction of sp³-hybridized carbons (Fsp3) is 0.174. The standard InChI is InChI=1S/C23H22Cl2N2O3S/c1-17-4-2-3-5-19(17)15-27(31(29,30)22-12-10-21(25)11-13-22)16-23(28)26-14-18-6-8-20(24)9-7-18/h2-13H,14-16H2,1H3,(H,26,28). The van der Waals surface area contributed by atoms with Gasteiger partial charge in [-0.2, -0.15) is 4.31 Å². The molecule has 0 saturated heterocycles. The fourth-order valence-electron chi connectivity index (χ4n) is 2.98. The number of aryl methyl sites for hydroxylation is 1. The second-order valence-corrected chi connectivity index (χ2v) is 9.87. The molecule has 0 aliphatic heterocycles. The minimum Gasteiger partial charge on any atom is -0.351 e. The van der Waals surface area contributed by atoms with Gasteiger partial charge >= 0.3 is 0 Å². The summed E-state index contributed by atoms with van der Waals surface area (Å²) in [7, 11) is -3.92. The van der Waals surface area contributed by atoms with Gasteiger partial charge in [0.15, 0.2) is 0 Å². The molecule has 1 amide bonds. The molecule has 0 unspecified atom stereocenters. The maximum atomic E-state index is 13.3. The topological polar surface area (TPSA) is 66.5 Å². The van der Waals surface area contributed by atoms with Gasteiger partial charge < -0.3 is 5.32 Å². The Morgan fingerprint density at radius 3 is 2.10 bits per heavy atom. The van der Waals surface area contributed by atoms with Crippen LogP contribution in [0.1, 0.15) is 16.7 Å². The first kappa shape index (κ1) is 23.3. The minimum atomic E-state index is -3.92. The van der Waals surface area contributed by atoms with E-state index in [1.165, 1.54) is 28.6 Å². The summed E-state index contributed by atoms with van der Waals surface area (Å²) >= 11 is 11.8. The van der Waals surface area contributed by atoms with Gasteiger partial charge in [0, 0.05) is 23.1 Å². The highest BCUT2D eigenvalue weighted by atomic mass is 35.5. The summed E-state index contributed by atoms with van der Waals surface area (Å²) in [6.45, 7) is 1.94. The summed E-state index contributed by atoms with van der Waals surface area (Å²) in [5.74, 6) is -0.402. The molecule has 0 atom stereocenters. The van der Waals surface area contributed by atoms with Gasteiger partial charge in [-0.25, -0.2) is 8.42 Å². The van der Waals surface area contributed by atoms with Crippen molar-refractivity contribution in [1.82, 2.24) is 9.62 Å². The first-order valence-electron chi connectivity index (χ1n) is 9.57. The molecule has 0 aromatic heterocycles. The maximum Gasteiger partial charge on any atom is 0.243 e. The molecule has 5 nitrogen and oxygen atoms in total. The summed E-state index contributed by atoms with van der Waals surface area (Å²) in [5.41, 5.74) is 2.63. The monoisotopic (exact) mass is 476 g/mol. The first-order chi connectivity index (χ1) is 14.8. The largest absolute Gasteiger partial charge is 0.351 e. The van der Waals surface area contributed by atoms with Gasteiger partial charge in [-0.05, 0) is 60.0 Å². The lowest BCUT2D eigenvalue weighted by Gasteiger charge is -2.23. The molecule has 0 bridgehead atoms. The summed E-state index contributed by atoms with van der Waals surface area (Å²) < 4.78 is 27.8. The molecule has 8 heteroatoms. The Hall–Kier alpha value is -2.38. The van der Waals surface area contributed by atoms with Gasteiger partial charge in [-0.15, -0.1) is 0 Å². The number of amides is 1. The number of sulfonamides is 1. The summed E-state index contributed by atoms with van der Waals surface area (Å²) in [6, 6.07) is 20.5. The van der Waals surface area contributed by atoms with Crippen molar-refractivity contribution in [3.63, 3.8) is 0 Å². The van der Waals surface area contributed by atoms with Gasteiger partial charge in [0.25, 0.3) is 0 Å². The molecule has 0 heterocycles. The van der Waals surface area contributed by atoms with Crippen molar-refractivity contribution in [3.8, 4) is 0 Å². The number of hydrogen-bond acceptors (Lipinski definition) is 3. The second-order valence-electron chi connectivity index (χ2n) is 7.06. The molecular weight excluding hydrogens is 455 g/mol. The highest BCUT2D eigenvalue weighted by Crippen LogP contribution is 2.21. The zero-order chi connectivity index (χ0) is 22.4. The van der Waals surface area contributed by atoms with Crippen LogP contribution in [0.4, 0.5) is 0 Å². The van der Waals surface area contributed by atoms with E-state index in [4.69, 9.17) is 23.2 Å². The number of carbonyl (C=O) groups is 1. The molecule has 31 heavy (non-hydrogen) atoms. The number of benzene rings is 3. The van der Waals surface area contributed by atoms with Crippen molar-refractivity contribution in [2.75, 3.05) is 6.54 Å². The van der Waals surface area contributed by atoms with Crippen LogP contribution < -0.4 is 5.32 Å². The van der Waals surface area contributed by atoms with Crippen LogP contribution in [-0.4, -0.2) is 25.2 Å². The third-order valence-corrected chi connectivity index (χ3v) is 7.09. The Bertz CT molecular complexity index is 1150. The molecule has 3 rings (SSSR count). The van der Waals surface area contributed by atoms with Gasteiger partial charge in [-0.1, -0.05) is 59.6 Å². The van der Waals surface area contributed by atoms with E-state index in [0.29, 0.717) is 10.0 Å².